The zero-order valence-corrected chi connectivity index (χ0v) is 12.4. The molecular formula is C15H18N2O2S. The van der Waals surface area contributed by atoms with Crippen molar-refractivity contribution in [3.8, 4) is 10.6 Å². The third-order valence-corrected chi connectivity index (χ3v) is 3.86. The summed E-state index contributed by atoms with van der Waals surface area (Å²) in [6.45, 7) is 2.24. The average molecular weight is 290 g/mol. The maximum atomic E-state index is 12.2. The molecule has 0 saturated carbocycles. The molecule has 4 nitrogen and oxygen atoms in total. The van der Waals surface area contributed by atoms with Crippen LogP contribution in [0.4, 0.5) is 0 Å². The van der Waals surface area contributed by atoms with Gasteiger partial charge in [0.15, 0.2) is 0 Å². The topological polar surface area (TPSA) is 53.4 Å². The van der Waals surface area contributed by atoms with Crippen molar-refractivity contribution < 1.29 is 9.90 Å². The number of amides is 1. The van der Waals surface area contributed by atoms with Crippen molar-refractivity contribution in [1.29, 1.82) is 0 Å². The van der Waals surface area contributed by atoms with Gasteiger partial charge in [0.1, 0.15) is 10.7 Å². The second-order valence-corrected chi connectivity index (χ2v) is 5.63. The Morgan fingerprint density at radius 3 is 2.75 bits per heavy atom. The molecule has 1 unspecified atom stereocenters. The fourth-order valence-electron chi connectivity index (χ4n) is 1.76. The summed E-state index contributed by atoms with van der Waals surface area (Å²) in [6, 6.07) is 9.81. The predicted molar refractivity (Wildman–Crippen MR) is 80.8 cm³/mol. The first-order valence-electron chi connectivity index (χ1n) is 6.52. The van der Waals surface area contributed by atoms with E-state index in [2.05, 4.69) is 4.98 Å². The number of rotatable bonds is 5. The molecule has 0 saturated heterocycles. The van der Waals surface area contributed by atoms with Gasteiger partial charge >= 0.3 is 0 Å². The molecule has 1 aromatic heterocycles. The summed E-state index contributed by atoms with van der Waals surface area (Å²) in [5.74, 6) is -0.107. The lowest BCUT2D eigenvalue weighted by Gasteiger charge is -2.16. The number of hydrogen-bond donors (Lipinski definition) is 1. The van der Waals surface area contributed by atoms with Crippen LogP contribution in [0.1, 0.15) is 23.8 Å². The Balaban J connectivity index is 2.07. The van der Waals surface area contributed by atoms with Gasteiger partial charge in [-0.05, 0) is 13.3 Å². The van der Waals surface area contributed by atoms with E-state index in [1.807, 2.05) is 30.3 Å². The van der Waals surface area contributed by atoms with E-state index in [4.69, 9.17) is 0 Å². The molecule has 0 fully saturated rings. The fourth-order valence-corrected chi connectivity index (χ4v) is 2.56. The van der Waals surface area contributed by atoms with E-state index in [0.29, 0.717) is 18.7 Å². The fraction of sp³-hybridized carbons (Fsp3) is 0.333. The van der Waals surface area contributed by atoms with Crippen LogP contribution in [-0.2, 0) is 0 Å². The summed E-state index contributed by atoms with van der Waals surface area (Å²) in [6.07, 6.45) is 0.165. The lowest BCUT2D eigenvalue weighted by atomic mass is 10.2. The molecular weight excluding hydrogens is 272 g/mol. The minimum absolute atomic E-state index is 0.107. The van der Waals surface area contributed by atoms with Crippen LogP contribution in [0.15, 0.2) is 35.7 Å². The number of aliphatic hydroxyl groups excluding tert-OH is 1. The summed E-state index contributed by atoms with van der Waals surface area (Å²) in [5, 5.41) is 11.9. The largest absolute Gasteiger partial charge is 0.393 e. The van der Waals surface area contributed by atoms with Crippen LogP contribution in [0.25, 0.3) is 10.6 Å². The normalized spacial score (nSPS) is 12.2. The Morgan fingerprint density at radius 1 is 1.40 bits per heavy atom. The summed E-state index contributed by atoms with van der Waals surface area (Å²) in [7, 11) is 1.73. The average Bonchev–Trinajstić information content (AvgIpc) is 2.94. The van der Waals surface area contributed by atoms with E-state index >= 15 is 0 Å². The molecule has 1 atom stereocenters. The second kappa shape index (κ2) is 6.63. The first kappa shape index (κ1) is 14.7. The minimum Gasteiger partial charge on any atom is -0.393 e. The first-order chi connectivity index (χ1) is 9.58. The SMILES string of the molecule is CC(O)CCN(C)C(=O)c1csc(-c2ccccc2)n1. The molecule has 0 aliphatic rings. The van der Waals surface area contributed by atoms with Crippen LogP contribution in [0.5, 0.6) is 0 Å². The molecule has 5 heteroatoms. The second-order valence-electron chi connectivity index (χ2n) is 4.77. The van der Waals surface area contributed by atoms with Crippen molar-refractivity contribution in [2.75, 3.05) is 13.6 Å². The monoisotopic (exact) mass is 290 g/mol. The molecule has 0 radical (unpaired) electrons. The molecule has 0 bridgehead atoms. The Hall–Kier alpha value is -1.72. The van der Waals surface area contributed by atoms with Gasteiger partial charge < -0.3 is 10.0 Å². The van der Waals surface area contributed by atoms with E-state index < -0.39 is 6.10 Å². The van der Waals surface area contributed by atoms with Gasteiger partial charge in [-0.15, -0.1) is 11.3 Å². The zero-order valence-electron chi connectivity index (χ0n) is 11.6. The molecule has 106 valence electrons. The van der Waals surface area contributed by atoms with E-state index in [0.717, 1.165) is 10.6 Å². The lowest BCUT2D eigenvalue weighted by molar-refractivity contribution is 0.0764. The quantitative estimate of drug-likeness (QED) is 0.921. The number of hydrogen-bond acceptors (Lipinski definition) is 4. The van der Waals surface area contributed by atoms with E-state index in [1.54, 1.807) is 24.3 Å². The number of aliphatic hydroxyl groups is 1. The number of benzene rings is 1. The highest BCUT2D eigenvalue weighted by Crippen LogP contribution is 2.23. The first-order valence-corrected chi connectivity index (χ1v) is 7.40. The van der Waals surface area contributed by atoms with Crippen LogP contribution < -0.4 is 0 Å². The molecule has 1 N–H and O–H groups in total. The standard InChI is InChI=1S/C15H18N2O2S/c1-11(18)8-9-17(2)15(19)13-10-20-14(16-13)12-6-4-3-5-7-12/h3-7,10-11,18H,8-9H2,1-2H3. The highest BCUT2D eigenvalue weighted by Gasteiger charge is 2.16. The molecule has 2 aromatic rings. The van der Waals surface area contributed by atoms with Crippen molar-refractivity contribution >= 4 is 17.2 Å². The Morgan fingerprint density at radius 2 is 2.10 bits per heavy atom. The van der Waals surface area contributed by atoms with Crippen molar-refractivity contribution in [1.82, 2.24) is 9.88 Å². The van der Waals surface area contributed by atoms with Crippen molar-refractivity contribution in [3.63, 3.8) is 0 Å². The number of carbonyl (C=O) groups excluding carboxylic acids is 1. The van der Waals surface area contributed by atoms with Crippen molar-refractivity contribution in [2.24, 2.45) is 0 Å². The van der Waals surface area contributed by atoms with Gasteiger partial charge in [-0.3, -0.25) is 4.79 Å². The molecule has 0 spiro atoms. The molecule has 2 rings (SSSR count). The van der Waals surface area contributed by atoms with Crippen LogP contribution in [0.3, 0.4) is 0 Å². The molecule has 0 aliphatic carbocycles. The molecule has 20 heavy (non-hydrogen) atoms. The third-order valence-electron chi connectivity index (χ3n) is 2.97. The number of thiazole rings is 1. The van der Waals surface area contributed by atoms with E-state index in [-0.39, 0.29) is 5.91 Å². The van der Waals surface area contributed by atoms with Crippen molar-refractivity contribution in [3.05, 3.63) is 41.4 Å². The molecule has 0 aliphatic heterocycles. The molecule has 1 amide bonds. The predicted octanol–water partition coefficient (Wildman–Crippen LogP) is 2.65. The number of aromatic nitrogens is 1. The van der Waals surface area contributed by atoms with E-state index in [9.17, 15) is 9.90 Å². The maximum absolute atomic E-state index is 12.2. The molecule has 1 heterocycles. The van der Waals surface area contributed by atoms with Gasteiger partial charge in [0.2, 0.25) is 0 Å². The summed E-state index contributed by atoms with van der Waals surface area (Å²) in [4.78, 5) is 18.2. The Kier molecular flexibility index (Phi) is 4.87. The van der Waals surface area contributed by atoms with Crippen LogP contribution in [-0.4, -0.2) is 40.6 Å². The number of nitrogens with zero attached hydrogens (tertiary/aromatic N) is 2. The van der Waals surface area contributed by atoms with Crippen molar-refractivity contribution in [2.45, 2.75) is 19.4 Å². The van der Waals surface area contributed by atoms with Gasteiger partial charge in [-0.1, -0.05) is 30.3 Å². The zero-order chi connectivity index (χ0) is 14.5. The van der Waals surface area contributed by atoms with Crippen LogP contribution >= 0.6 is 11.3 Å². The minimum atomic E-state index is -0.402. The smallest absolute Gasteiger partial charge is 0.273 e. The van der Waals surface area contributed by atoms with Gasteiger partial charge in [-0.2, -0.15) is 0 Å². The summed E-state index contributed by atoms with van der Waals surface area (Å²) in [5.41, 5.74) is 1.48. The van der Waals surface area contributed by atoms with Gasteiger partial charge in [-0.25, -0.2) is 4.98 Å². The highest BCUT2D eigenvalue weighted by molar-refractivity contribution is 7.13. The lowest BCUT2D eigenvalue weighted by Crippen LogP contribution is -2.29. The Labute approximate surface area is 122 Å². The van der Waals surface area contributed by atoms with Gasteiger partial charge in [0.25, 0.3) is 5.91 Å². The summed E-state index contributed by atoms with van der Waals surface area (Å²) < 4.78 is 0. The third kappa shape index (κ3) is 3.65. The molecule has 1 aromatic carbocycles. The Bertz CT molecular complexity index is 566. The van der Waals surface area contributed by atoms with Gasteiger partial charge in [0.05, 0.1) is 6.10 Å². The summed E-state index contributed by atoms with van der Waals surface area (Å²) >= 11 is 1.46. The maximum Gasteiger partial charge on any atom is 0.273 e. The van der Waals surface area contributed by atoms with E-state index in [1.165, 1.54) is 11.3 Å². The van der Waals surface area contributed by atoms with Crippen LogP contribution in [0, 0.1) is 0 Å². The van der Waals surface area contributed by atoms with Gasteiger partial charge in [0, 0.05) is 24.5 Å². The highest BCUT2D eigenvalue weighted by atomic mass is 32.1. The number of carbonyl (C=O) groups is 1. The van der Waals surface area contributed by atoms with Crippen LogP contribution in [0.2, 0.25) is 0 Å².